The molecule has 152 valence electrons. The maximum absolute atomic E-state index is 12.1. The number of hydrogen-bond acceptors (Lipinski definition) is 4. The molecule has 0 aromatic carbocycles. The number of rotatable bonds is 7. The molecule has 0 aliphatic carbocycles. The monoisotopic (exact) mass is 480 g/mol. The Labute approximate surface area is 176 Å². The van der Waals surface area contributed by atoms with Gasteiger partial charge < -0.3 is 25.3 Å². The molecule has 0 aromatic rings. The minimum absolute atomic E-state index is 0. The lowest BCUT2D eigenvalue weighted by atomic mass is 10.3. The Bertz CT molecular complexity index is 428. The smallest absolute Gasteiger partial charge is 0.244 e. The summed E-state index contributed by atoms with van der Waals surface area (Å²) in [6.07, 6.45) is 4.60. The number of likely N-dealkylation sites (N-methyl/N-ethyl adjacent to an activating group) is 1. The summed E-state index contributed by atoms with van der Waals surface area (Å²) in [7, 11) is 2.20. The van der Waals surface area contributed by atoms with E-state index in [0.717, 1.165) is 71.0 Å². The van der Waals surface area contributed by atoms with Gasteiger partial charge in [0.2, 0.25) is 5.91 Å². The zero-order valence-electron chi connectivity index (χ0n) is 16.5. The highest BCUT2D eigenvalue weighted by atomic mass is 127. The van der Waals surface area contributed by atoms with Crippen LogP contribution in [0.25, 0.3) is 0 Å². The molecule has 7 nitrogen and oxygen atoms in total. The van der Waals surface area contributed by atoms with E-state index >= 15 is 0 Å². The van der Waals surface area contributed by atoms with E-state index in [0.29, 0.717) is 0 Å². The molecule has 0 saturated carbocycles. The highest BCUT2D eigenvalue weighted by Gasteiger charge is 2.17. The van der Waals surface area contributed by atoms with Gasteiger partial charge in [0.05, 0.1) is 0 Å². The van der Waals surface area contributed by atoms with Crippen LogP contribution in [0.3, 0.4) is 0 Å². The molecule has 2 rings (SSSR count). The molecule has 2 aliphatic rings. The second-order valence-electron chi connectivity index (χ2n) is 7.06. The number of carbonyl (C=O) groups excluding carboxylic acids is 1. The van der Waals surface area contributed by atoms with E-state index in [4.69, 9.17) is 0 Å². The second-order valence-corrected chi connectivity index (χ2v) is 7.06. The Hall–Kier alpha value is -0.610. The third-order valence-electron chi connectivity index (χ3n) is 4.93. The van der Waals surface area contributed by atoms with Crippen molar-refractivity contribution in [3.05, 3.63) is 0 Å². The van der Waals surface area contributed by atoms with Crippen LogP contribution in [-0.4, -0.2) is 99.1 Å². The summed E-state index contributed by atoms with van der Waals surface area (Å²) in [6, 6.07) is 0. The molecular weight excluding hydrogens is 443 g/mol. The van der Waals surface area contributed by atoms with Crippen LogP contribution in [0.1, 0.15) is 32.6 Å². The van der Waals surface area contributed by atoms with Crippen molar-refractivity contribution in [2.45, 2.75) is 32.6 Å². The Balaban J connectivity index is 0.00000338. The van der Waals surface area contributed by atoms with Gasteiger partial charge in [-0.3, -0.25) is 4.79 Å². The van der Waals surface area contributed by atoms with Crippen molar-refractivity contribution in [1.29, 1.82) is 0 Å². The van der Waals surface area contributed by atoms with Crippen molar-refractivity contribution in [2.75, 3.05) is 72.5 Å². The highest BCUT2D eigenvalue weighted by Crippen LogP contribution is 2.07. The van der Waals surface area contributed by atoms with Gasteiger partial charge in [0.25, 0.3) is 0 Å². The number of hydrogen-bond donors (Lipinski definition) is 2. The van der Waals surface area contributed by atoms with Crippen LogP contribution in [-0.2, 0) is 4.79 Å². The number of nitrogens with one attached hydrogen (secondary N) is 2. The Morgan fingerprint density at radius 3 is 2.50 bits per heavy atom. The summed E-state index contributed by atoms with van der Waals surface area (Å²) in [6.45, 7) is 11.6. The first kappa shape index (κ1) is 23.4. The zero-order chi connectivity index (χ0) is 17.9. The number of halogens is 1. The normalized spacial score (nSPS) is 19.8. The predicted molar refractivity (Wildman–Crippen MR) is 118 cm³/mol. The first-order chi connectivity index (χ1) is 12.2. The minimum atomic E-state index is 0. The summed E-state index contributed by atoms with van der Waals surface area (Å²) in [4.78, 5) is 23.4. The molecule has 1 amide bonds. The van der Waals surface area contributed by atoms with Crippen molar-refractivity contribution in [3.63, 3.8) is 0 Å². The Kier molecular flexibility index (Phi) is 12.2. The van der Waals surface area contributed by atoms with Crippen LogP contribution in [0, 0.1) is 0 Å². The molecule has 0 unspecified atom stereocenters. The van der Waals surface area contributed by atoms with Crippen molar-refractivity contribution in [2.24, 2.45) is 4.99 Å². The van der Waals surface area contributed by atoms with Crippen LogP contribution < -0.4 is 10.6 Å². The first-order valence-electron chi connectivity index (χ1n) is 9.90. The molecule has 2 aliphatic heterocycles. The average Bonchev–Trinajstić information content (AvgIpc) is 3.07. The van der Waals surface area contributed by atoms with Crippen LogP contribution in [0.4, 0.5) is 0 Å². The van der Waals surface area contributed by atoms with Gasteiger partial charge in [-0.2, -0.15) is 0 Å². The Morgan fingerprint density at radius 2 is 1.77 bits per heavy atom. The first-order valence-corrected chi connectivity index (χ1v) is 9.90. The van der Waals surface area contributed by atoms with Crippen molar-refractivity contribution >= 4 is 35.8 Å². The SMILES string of the molecule is CCNC(=NCC(=O)N1CCCC1)NCCCN1CCCN(C)CC1.I. The predicted octanol–water partition coefficient (Wildman–Crippen LogP) is 0.810. The topological polar surface area (TPSA) is 63.2 Å². The number of amides is 1. The summed E-state index contributed by atoms with van der Waals surface area (Å²) in [5, 5.41) is 6.59. The molecule has 0 atom stereocenters. The van der Waals surface area contributed by atoms with Crippen molar-refractivity contribution in [1.82, 2.24) is 25.3 Å². The highest BCUT2D eigenvalue weighted by molar-refractivity contribution is 14.0. The van der Waals surface area contributed by atoms with E-state index in [9.17, 15) is 4.79 Å². The number of aliphatic imine (C=N–C) groups is 1. The maximum atomic E-state index is 12.1. The van der Waals surface area contributed by atoms with Crippen LogP contribution >= 0.6 is 24.0 Å². The van der Waals surface area contributed by atoms with E-state index in [1.165, 1.54) is 19.5 Å². The fourth-order valence-corrected chi connectivity index (χ4v) is 3.39. The molecular formula is C18H37IN6O. The van der Waals surface area contributed by atoms with Gasteiger partial charge in [-0.05, 0) is 59.3 Å². The summed E-state index contributed by atoms with van der Waals surface area (Å²) < 4.78 is 0. The molecule has 0 aromatic heterocycles. The summed E-state index contributed by atoms with van der Waals surface area (Å²) in [5.74, 6) is 0.897. The zero-order valence-corrected chi connectivity index (χ0v) is 18.8. The number of carbonyl (C=O) groups is 1. The molecule has 26 heavy (non-hydrogen) atoms. The molecule has 2 heterocycles. The third-order valence-corrected chi connectivity index (χ3v) is 4.93. The van der Waals surface area contributed by atoms with E-state index in [1.807, 2.05) is 11.8 Å². The average molecular weight is 480 g/mol. The van der Waals surface area contributed by atoms with Gasteiger partial charge in [0.1, 0.15) is 6.54 Å². The number of guanidine groups is 1. The van der Waals surface area contributed by atoms with Gasteiger partial charge in [-0.15, -0.1) is 24.0 Å². The quantitative estimate of drug-likeness (QED) is 0.245. The fourth-order valence-electron chi connectivity index (χ4n) is 3.39. The summed E-state index contributed by atoms with van der Waals surface area (Å²) in [5.41, 5.74) is 0. The van der Waals surface area contributed by atoms with Gasteiger partial charge in [0, 0.05) is 39.3 Å². The number of likely N-dealkylation sites (tertiary alicyclic amines) is 1. The lowest BCUT2D eigenvalue weighted by molar-refractivity contribution is -0.128. The van der Waals surface area contributed by atoms with E-state index < -0.39 is 0 Å². The second kappa shape index (κ2) is 13.5. The lowest BCUT2D eigenvalue weighted by Gasteiger charge is -2.20. The largest absolute Gasteiger partial charge is 0.357 e. The van der Waals surface area contributed by atoms with Crippen LogP contribution in [0.15, 0.2) is 4.99 Å². The van der Waals surface area contributed by atoms with E-state index in [2.05, 4.69) is 32.5 Å². The molecule has 8 heteroatoms. The minimum Gasteiger partial charge on any atom is -0.357 e. The lowest BCUT2D eigenvalue weighted by Crippen LogP contribution is -2.40. The molecule has 0 bridgehead atoms. The van der Waals surface area contributed by atoms with Crippen molar-refractivity contribution in [3.8, 4) is 0 Å². The third kappa shape index (κ3) is 8.85. The standard InChI is InChI=1S/C18H36N6O.HI/c1-3-19-18(21-16-17(25)24-12-4-5-13-24)20-8-6-10-23-11-7-9-22(2)14-15-23;/h3-16H2,1-2H3,(H2,19,20,21);1H. The molecule has 2 N–H and O–H groups in total. The Morgan fingerprint density at radius 1 is 1.00 bits per heavy atom. The van der Waals surface area contributed by atoms with Crippen molar-refractivity contribution < 1.29 is 4.79 Å². The van der Waals surface area contributed by atoms with E-state index in [-0.39, 0.29) is 36.4 Å². The summed E-state index contributed by atoms with van der Waals surface area (Å²) >= 11 is 0. The van der Waals surface area contributed by atoms with Crippen LogP contribution in [0.2, 0.25) is 0 Å². The fraction of sp³-hybridized carbons (Fsp3) is 0.889. The van der Waals surface area contributed by atoms with E-state index in [1.54, 1.807) is 0 Å². The van der Waals surface area contributed by atoms with Gasteiger partial charge in [0.15, 0.2) is 5.96 Å². The molecule has 0 radical (unpaired) electrons. The van der Waals surface area contributed by atoms with Crippen LogP contribution in [0.5, 0.6) is 0 Å². The molecule has 2 saturated heterocycles. The van der Waals surface area contributed by atoms with Gasteiger partial charge in [-0.25, -0.2) is 4.99 Å². The number of nitrogens with zero attached hydrogens (tertiary/aromatic N) is 4. The van der Waals surface area contributed by atoms with Gasteiger partial charge >= 0.3 is 0 Å². The van der Waals surface area contributed by atoms with Gasteiger partial charge in [-0.1, -0.05) is 0 Å². The molecule has 2 fully saturated rings. The molecule has 0 spiro atoms. The maximum Gasteiger partial charge on any atom is 0.244 e.